The van der Waals surface area contributed by atoms with E-state index in [4.69, 9.17) is 0 Å². The van der Waals surface area contributed by atoms with Crippen molar-refractivity contribution in [2.45, 2.75) is 32.2 Å². The van der Waals surface area contributed by atoms with E-state index in [1.54, 1.807) is 0 Å². The third-order valence-electron chi connectivity index (χ3n) is 4.75. The lowest BCUT2D eigenvalue weighted by Gasteiger charge is -2.20. The van der Waals surface area contributed by atoms with E-state index in [0.29, 0.717) is 0 Å². The lowest BCUT2D eigenvalue weighted by atomic mass is 10.1. The molecule has 1 heterocycles. The van der Waals surface area contributed by atoms with Crippen molar-refractivity contribution >= 4 is 17.3 Å². The minimum Gasteiger partial charge on any atom is -0.373 e. The Morgan fingerprint density at radius 3 is 2.71 bits per heavy atom. The van der Waals surface area contributed by atoms with Crippen LogP contribution in [0.2, 0.25) is 0 Å². The Morgan fingerprint density at radius 1 is 1.19 bits per heavy atom. The topological polar surface area (TPSA) is 35.6 Å². The Hall–Kier alpha value is -1.55. The predicted octanol–water partition coefficient (Wildman–Crippen LogP) is 2.70. The molecule has 0 spiro atoms. The van der Waals surface area contributed by atoms with Crippen molar-refractivity contribution < 1.29 is 4.79 Å². The summed E-state index contributed by atoms with van der Waals surface area (Å²) in [7, 11) is 4.28. The van der Waals surface area contributed by atoms with Crippen LogP contribution in [-0.2, 0) is 11.3 Å². The molecule has 0 bridgehead atoms. The van der Waals surface area contributed by atoms with Gasteiger partial charge in [-0.25, -0.2) is 0 Å². The number of rotatable bonds is 2. The molecular formula is C17H25N3O. The third kappa shape index (κ3) is 3.21. The van der Waals surface area contributed by atoms with Crippen LogP contribution in [0.3, 0.4) is 0 Å². The molecule has 2 aliphatic rings. The molecule has 1 fully saturated rings. The van der Waals surface area contributed by atoms with E-state index in [2.05, 4.69) is 41.3 Å². The summed E-state index contributed by atoms with van der Waals surface area (Å²) in [5, 5.41) is 3.11. The highest BCUT2D eigenvalue weighted by molar-refractivity contribution is 5.93. The van der Waals surface area contributed by atoms with Crippen molar-refractivity contribution in [1.29, 1.82) is 0 Å². The van der Waals surface area contributed by atoms with Gasteiger partial charge in [0.05, 0.1) is 0 Å². The molecule has 1 aromatic carbocycles. The Labute approximate surface area is 127 Å². The maximum atomic E-state index is 12.3. The SMILES string of the molecule is CN1CCN(C)c2cc(NC(=O)C3CCCC3)ccc2C1. The molecule has 1 amide bonds. The number of anilines is 2. The van der Waals surface area contributed by atoms with E-state index < -0.39 is 0 Å². The monoisotopic (exact) mass is 287 g/mol. The zero-order valence-corrected chi connectivity index (χ0v) is 13.1. The van der Waals surface area contributed by atoms with Crippen LogP contribution in [-0.4, -0.2) is 38.0 Å². The number of fused-ring (bicyclic) bond motifs is 1. The molecule has 4 heteroatoms. The van der Waals surface area contributed by atoms with Crippen LogP contribution in [0.15, 0.2) is 18.2 Å². The predicted molar refractivity (Wildman–Crippen MR) is 86.6 cm³/mol. The van der Waals surface area contributed by atoms with E-state index in [0.717, 1.165) is 38.2 Å². The summed E-state index contributed by atoms with van der Waals surface area (Å²) in [6.45, 7) is 3.05. The normalized spacial score (nSPS) is 20.2. The number of amides is 1. The zero-order valence-electron chi connectivity index (χ0n) is 13.1. The molecule has 1 N–H and O–H groups in total. The van der Waals surface area contributed by atoms with Crippen molar-refractivity contribution in [1.82, 2.24) is 4.90 Å². The van der Waals surface area contributed by atoms with E-state index in [9.17, 15) is 4.79 Å². The number of hydrogen-bond acceptors (Lipinski definition) is 3. The smallest absolute Gasteiger partial charge is 0.227 e. The van der Waals surface area contributed by atoms with Gasteiger partial charge in [0.15, 0.2) is 0 Å². The van der Waals surface area contributed by atoms with Crippen LogP contribution in [0.1, 0.15) is 31.2 Å². The molecule has 0 aromatic heterocycles. The second-order valence-corrected chi connectivity index (χ2v) is 6.47. The number of carbonyl (C=O) groups is 1. The van der Waals surface area contributed by atoms with Crippen molar-refractivity contribution in [3.05, 3.63) is 23.8 Å². The molecular weight excluding hydrogens is 262 g/mol. The lowest BCUT2D eigenvalue weighted by molar-refractivity contribution is -0.119. The molecule has 4 nitrogen and oxygen atoms in total. The second-order valence-electron chi connectivity index (χ2n) is 6.47. The van der Waals surface area contributed by atoms with E-state index >= 15 is 0 Å². The first-order valence-corrected chi connectivity index (χ1v) is 7.97. The number of carbonyl (C=O) groups excluding carboxylic acids is 1. The molecule has 1 aromatic rings. The van der Waals surface area contributed by atoms with Crippen LogP contribution >= 0.6 is 0 Å². The Bertz CT molecular complexity index is 523. The van der Waals surface area contributed by atoms with Gasteiger partial charge in [-0.1, -0.05) is 18.9 Å². The standard InChI is InChI=1S/C17H25N3O/c1-19-9-10-20(2)16-11-15(8-7-14(16)12-19)18-17(21)13-5-3-4-6-13/h7-8,11,13H,3-6,9-10,12H2,1-2H3,(H,18,21). The highest BCUT2D eigenvalue weighted by atomic mass is 16.1. The number of hydrogen-bond donors (Lipinski definition) is 1. The molecule has 0 radical (unpaired) electrons. The van der Waals surface area contributed by atoms with Crippen LogP contribution < -0.4 is 10.2 Å². The third-order valence-corrected chi connectivity index (χ3v) is 4.75. The number of nitrogens with one attached hydrogen (secondary N) is 1. The summed E-state index contributed by atoms with van der Waals surface area (Å²) in [4.78, 5) is 16.9. The van der Waals surface area contributed by atoms with Crippen molar-refractivity contribution in [2.75, 3.05) is 37.4 Å². The van der Waals surface area contributed by atoms with Crippen molar-refractivity contribution in [2.24, 2.45) is 5.92 Å². The summed E-state index contributed by atoms with van der Waals surface area (Å²) in [6, 6.07) is 6.32. The molecule has 0 saturated heterocycles. The fraction of sp³-hybridized carbons (Fsp3) is 0.588. The molecule has 1 saturated carbocycles. The first-order valence-electron chi connectivity index (χ1n) is 7.97. The first kappa shape index (κ1) is 14.4. The van der Waals surface area contributed by atoms with Crippen LogP contribution in [0.25, 0.3) is 0 Å². The molecule has 1 aliphatic heterocycles. The quantitative estimate of drug-likeness (QED) is 0.908. The number of benzene rings is 1. The Balaban J connectivity index is 1.77. The fourth-order valence-corrected chi connectivity index (χ4v) is 3.37. The van der Waals surface area contributed by atoms with Crippen LogP contribution in [0.4, 0.5) is 11.4 Å². The summed E-state index contributed by atoms with van der Waals surface area (Å²) < 4.78 is 0. The molecule has 21 heavy (non-hydrogen) atoms. The highest BCUT2D eigenvalue weighted by Crippen LogP contribution is 2.29. The van der Waals surface area contributed by atoms with E-state index in [1.807, 2.05) is 6.07 Å². The molecule has 3 rings (SSSR count). The van der Waals surface area contributed by atoms with Gasteiger partial charge in [0.25, 0.3) is 0 Å². The maximum absolute atomic E-state index is 12.3. The minimum atomic E-state index is 0.195. The van der Waals surface area contributed by atoms with Gasteiger partial charge in [-0.05, 0) is 37.6 Å². The van der Waals surface area contributed by atoms with Gasteiger partial charge in [0.2, 0.25) is 5.91 Å². The maximum Gasteiger partial charge on any atom is 0.227 e. The Kier molecular flexibility index (Phi) is 4.15. The summed E-state index contributed by atoms with van der Waals surface area (Å²) in [5.41, 5.74) is 3.50. The van der Waals surface area contributed by atoms with Crippen LogP contribution in [0.5, 0.6) is 0 Å². The van der Waals surface area contributed by atoms with Gasteiger partial charge >= 0.3 is 0 Å². The molecule has 1 aliphatic carbocycles. The lowest BCUT2D eigenvalue weighted by Crippen LogP contribution is -2.26. The van der Waals surface area contributed by atoms with Gasteiger partial charge in [-0.15, -0.1) is 0 Å². The van der Waals surface area contributed by atoms with Gasteiger partial charge < -0.3 is 15.1 Å². The zero-order chi connectivity index (χ0) is 14.8. The summed E-state index contributed by atoms with van der Waals surface area (Å²) in [5.74, 6) is 0.411. The largest absolute Gasteiger partial charge is 0.373 e. The number of nitrogens with zero attached hydrogens (tertiary/aromatic N) is 2. The van der Waals surface area contributed by atoms with E-state index in [-0.39, 0.29) is 11.8 Å². The van der Waals surface area contributed by atoms with Gasteiger partial charge in [0.1, 0.15) is 0 Å². The second kappa shape index (κ2) is 6.06. The fourth-order valence-electron chi connectivity index (χ4n) is 3.37. The highest BCUT2D eigenvalue weighted by Gasteiger charge is 2.23. The van der Waals surface area contributed by atoms with Crippen molar-refractivity contribution in [3.8, 4) is 0 Å². The van der Waals surface area contributed by atoms with Gasteiger partial charge in [0, 0.05) is 44.0 Å². The average molecular weight is 287 g/mol. The Morgan fingerprint density at radius 2 is 1.95 bits per heavy atom. The van der Waals surface area contributed by atoms with Crippen molar-refractivity contribution in [3.63, 3.8) is 0 Å². The number of likely N-dealkylation sites (N-methyl/N-ethyl adjacent to an activating group) is 2. The van der Waals surface area contributed by atoms with E-state index in [1.165, 1.54) is 24.1 Å². The summed E-state index contributed by atoms with van der Waals surface area (Å²) >= 11 is 0. The summed E-state index contributed by atoms with van der Waals surface area (Å²) in [6.07, 6.45) is 4.47. The van der Waals surface area contributed by atoms with Crippen LogP contribution in [0, 0.1) is 5.92 Å². The molecule has 0 atom stereocenters. The minimum absolute atomic E-state index is 0.195. The average Bonchev–Trinajstić information content (AvgIpc) is 2.96. The van der Waals surface area contributed by atoms with Gasteiger partial charge in [-0.2, -0.15) is 0 Å². The molecule has 0 unspecified atom stereocenters. The first-order chi connectivity index (χ1) is 10.1. The molecule has 114 valence electrons. The van der Waals surface area contributed by atoms with Gasteiger partial charge in [-0.3, -0.25) is 4.79 Å².